The average molecular weight is 220 g/mol. The van der Waals surface area contributed by atoms with E-state index in [1.54, 1.807) is 10.9 Å². The zero-order valence-electron chi connectivity index (χ0n) is 9.25. The van der Waals surface area contributed by atoms with Gasteiger partial charge in [0.2, 0.25) is 0 Å². The molecule has 2 fully saturated rings. The van der Waals surface area contributed by atoms with Crippen molar-refractivity contribution in [3.63, 3.8) is 0 Å². The largest absolute Gasteiger partial charge is 0.300 e. The Morgan fingerprint density at radius 3 is 2.81 bits per heavy atom. The van der Waals surface area contributed by atoms with E-state index in [0.717, 1.165) is 18.9 Å². The van der Waals surface area contributed by atoms with Crippen molar-refractivity contribution in [2.75, 3.05) is 13.1 Å². The fourth-order valence-corrected chi connectivity index (χ4v) is 2.50. The number of hydrogen-bond donors (Lipinski definition) is 0. The number of aldehydes is 1. The maximum atomic E-state index is 10.5. The summed E-state index contributed by atoms with van der Waals surface area (Å²) in [7, 11) is 0. The van der Waals surface area contributed by atoms with Crippen molar-refractivity contribution < 1.29 is 4.79 Å². The van der Waals surface area contributed by atoms with E-state index in [9.17, 15) is 4.79 Å². The van der Waals surface area contributed by atoms with Crippen LogP contribution in [-0.4, -0.2) is 45.3 Å². The lowest BCUT2D eigenvalue weighted by molar-refractivity contribution is 0.00835. The van der Waals surface area contributed by atoms with Crippen molar-refractivity contribution in [3.05, 3.63) is 11.9 Å². The summed E-state index contributed by atoms with van der Waals surface area (Å²) < 4.78 is 1.78. The summed E-state index contributed by atoms with van der Waals surface area (Å²) in [5, 5.41) is 7.69. The second-order valence-electron chi connectivity index (χ2n) is 4.89. The van der Waals surface area contributed by atoms with E-state index in [0.29, 0.717) is 11.6 Å². The van der Waals surface area contributed by atoms with Gasteiger partial charge in [-0.2, -0.15) is 0 Å². The number of aromatic nitrogens is 3. The van der Waals surface area contributed by atoms with Crippen LogP contribution in [0.2, 0.25) is 0 Å². The number of rotatable bonds is 4. The van der Waals surface area contributed by atoms with Crippen LogP contribution < -0.4 is 0 Å². The summed E-state index contributed by atoms with van der Waals surface area (Å²) in [6.45, 7) is 3.26. The van der Waals surface area contributed by atoms with Crippen LogP contribution in [0.25, 0.3) is 0 Å². The van der Waals surface area contributed by atoms with Crippen molar-refractivity contribution in [2.24, 2.45) is 5.92 Å². The van der Waals surface area contributed by atoms with Gasteiger partial charge in [0.15, 0.2) is 6.29 Å². The van der Waals surface area contributed by atoms with Gasteiger partial charge in [0.1, 0.15) is 5.69 Å². The van der Waals surface area contributed by atoms with Crippen LogP contribution in [0.15, 0.2) is 6.20 Å². The summed E-state index contributed by atoms with van der Waals surface area (Å²) in [6, 6.07) is 0.859. The zero-order chi connectivity index (χ0) is 11.0. The highest BCUT2D eigenvalue weighted by atomic mass is 16.1. The Kier molecular flexibility index (Phi) is 2.47. The maximum Gasteiger partial charge on any atom is 0.171 e. The Labute approximate surface area is 94.4 Å². The quantitative estimate of drug-likeness (QED) is 0.696. The van der Waals surface area contributed by atoms with Crippen molar-refractivity contribution in [3.8, 4) is 0 Å². The Bertz CT molecular complexity index is 379. The molecule has 2 heterocycles. The highest BCUT2D eigenvalue weighted by Crippen LogP contribution is 2.31. The smallest absolute Gasteiger partial charge is 0.171 e. The van der Waals surface area contributed by atoms with Gasteiger partial charge in [-0.1, -0.05) is 11.6 Å². The van der Waals surface area contributed by atoms with Crippen molar-refractivity contribution in [2.45, 2.75) is 31.8 Å². The first-order valence-electron chi connectivity index (χ1n) is 5.94. The van der Waals surface area contributed by atoms with E-state index >= 15 is 0 Å². The predicted molar refractivity (Wildman–Crippen MR) is 58.1 cm³/mol. The van der Waals surface area contributed by atoms with Gasteiger partial charge < -0.3 is 0 Å². The van der Waals surface area contributed by atoms with Gasteiger partial charge in [-0.25, -0.2) is 0 Å². The van der Waals surface area contributed by atoms with E-state index in [1.807, 2.05) is 0 Å². The molecule has 16 heavy (non-hydrogen) atoms. The van der Waals surface area contributed by atoms with Crippen LogP contribution in [-0.2, 0) is 6.54 Å². The minimum atomic E-state index is 0.426. The van der Waals surface area contributed by atoms with Crippen molar-refractivity contribution in [1.29, 1.82) is 0 Å². The van der Waals surface area contributed by atoms with E-state index in [-0.39, 0.29) is 0 Å². The third kappa shape index (κ3) is 1.75. The van der Waals surface area contributed by atoms with Crippen LogP contribution in [0.5, 0.6) is 0 Å². The number of carbonyl (C=O) groups is 1. The van der Waals surface area contributed by atoms with Gasteiger partial charge in [0.05, 0.1) is 6.20 Å². The van der Waals surface area contributed by atoms with E-state index in [1.165, 1.54) is 32.4 Å². The normalized spacial score (nSPS) is 22.8. The molecule has 2 aliphatic rings. The summed E-state index contributed by atoms with van der Waals surface area (Å²) in [5.41, 5.74) is 0.426. The number of nitrogens with zero attached hydrogens (tertiary/aromatic N) is 4. The molecule has 0 aromatic carbocycles. The summed E-state index contributed by atoms with van der Waals surface area (Å²) in [6.07, 6.45) is 6.62. The molecule has 3 rings (SSSR count). The number of carbonyl (C=O) groups excluding carboxylic acids is 1. The summed E-state index contributed by atoms with van der Waals surface area (Å²) in [4.78, 5) is 13.0. The van der Waals surface area contributed by atoms with Gasteiger partial charge in [-0.3, -0.25) is 14.4 Å². The van der Waals surface area contributed by atoms with Crippen LogP contribution in [0, 0.1) is 5.92 Å². The second kappa shape index (κ2) is 3.97. The molecule has 0 amide bonds. The molecule has 0 N–H and O–H groups in total. The van der Waals surface area contributed by atoms with Crippen LogP contribution in [0.3, 0.4) is 0 Å². The van der Waals surface area contributed by atoms with Gasteiger partial charge in [0.25, 0.3) is 0 Å². The molecule has 1 aromatic rings. The van der Waals surface area contributed by atoms with Crippen LogP contribution >= 0.6 is 0 Å². The lowest BCUT2D eigenvalue weighted by atomic mass is 9.86. The minimum Gasteiger partial charge on any atom is -0.300 e. The topological polar surface area (TPSA) is 51.0 Å². The standard InChI is InChI=1S/C11H16N4O/c16-8-10-7-15(13-12-10)6-9-4-14(5-9)11-2-1-3-11/h7-9,11H,1-6H2. The second-order valence-corrected chi connectivity index (χ2v) is 4.89. The number of likely N-dealkylation sites (tertiary alicyclic amines) is 1. The zero-order valence-corrected chi connectivity index (χ0v) is 9.25. The molecule has 0 radical (unpaired) electrons. The fraction of sp³-hybridized carbons (Fsp3) is 0.727. The predicted octanol–water partition coefficient (Wildman–Crippen LogP) is 0.575. The monoisotopic (exact) mass is 220 g/mol. The van der Waals surface area contributed by atoms with E-state index in [2.05, 4.69) is 15.2 Å². The molecule has 1 aliphatic heterocycles. The molecule has 0 atom stereocenters. The Morgan fingerprint density at radius 1 is 1.44 bits per heavy atom. The molecule has 1 saturated heterocycles. The molecule has 1 saturated carbocycles. The molecule has 0 unspecified atom stereocenters. The molecule has 86 valence electrons. The molecule has 1 aliphatic carbocycles. The van der Waals surface area contributed by atoms with Crippen molar-refractivity contribution >= 4 is 6.29 Å². The van der Waals surface area contributed by atoms with E-state index in [4.69, 9.17) is 0 Å². The lowest BCUT2D eigenvalue weighted by Gasteiger charge is -2.47. The van der Waals surface area contributed by atoms with Crippen molar-refractivity contribution in [1.82, 2.24) is 19.9 Å². The first-order chi connectivity index (χ1) is 7.85. The third-order valence-corrected chi connectivity index (χ3v) is 3.70. The molecular formula is C11H16N4O. The molecule has 0 bridgehead atoms. The lowest BCUT2D eigenvalue weighted by Crippen LogP contribution is -2.55. The third-order valence-electron chi connectivity index (χ3n) is 3.70. The highest BCUT2D eigenvalue weighted by Gasteiger charge is 2.35. The van der Waals surface area contributed by atoms with Crippen LogP contribution in [0.1, 0.15) is 29.8 Å². The molecular weight excluding hydrogens is 204 g/mol. The fourth-order valence-electron chi connectivity index (χ4n) is 2.50. The Morgan fingerprint density at radius 2 is 2.25 bits per heavy atom. The van der Waals surface area contributed by atoms with Crippen LogP contribution in [0.4, 0.5) is 0 Å². The molecule has 0 spiro atoms. The van der Waals surface area contributed by atoms with Gasteiger partial charge in [0, 0.05) is 31.6 Å². The average Bonchev–Trinajstić information content (AvgIpc) is 2.59. The Balaban J connectivity index is 1.48. The summed E-state index contributed by atoms with van der Waals surface area (Å²) in [5.74, 6) is 0.682. The van der Waals surface area contributed by atoms with Gasteiger partial charge >= 0.3 is 0 Å². The minimum absolute atomic E-state index is 0.426. The van der Waals surface area contributed by atoms with E-state index < -0.39 is 0 Å². The maximum absolute atomic E-state index is 10.5. The van der Waals surface area contributed by atoms with Gasteiger partial charge in [-0.05, 0) is 12.8 Å². The Hall–Kier alpha value is -1.23. The molecule has 5 nitrogen and oxygen atoms in total. The summed E-state index contributed by atoms with van der Waals surface area (Å²) >= 11 is 0. The van der Waals surface area contributed by atoms with Gasteiger partial charge in [-0.15, -0.1) is 5.10 Å². The molecule has 5 heteroatoms. The molecule has 1 aromatic heterocycles. The highest BCUT2D eigenvalue weighted by molar-refractivity contribution is 5.70. The first kappa shape index (κ1) is 9.96. The number of hydrogen-bond acceptors (Lipinski definition) is 4. The SMILES string of the molecule is O=Cc1cn(CC2CN(C3CCC3)C2)nn1. The first-order valence-corrected chi connectivity index (χ1v) is 5.94.